The van der Waals surface area contributed by atoms with Gasteiger partial charge < -0.3 is 4.57 Å². The SMILES string of the molecule is O=C(Cc1ccccc1[N+](=O)[O-])N/N=C/c1cccn1-c1cccc(C(F)(F)F)c1. The Morgan fingerprint density at radius 3 is 2.63 bits per heavy atom. The first-order valence-corrected chi connectivity index (χ1v) is 8.65. The summed E-state index contributed by atoms with van der Waals surface area (Å²) in [5.74, 6) is -0.572. The Morgan fingerprint density at radius 1 is 1.13 bits per heavy atom. The van der Waals surface area contributed by atoms with E-state index in [1.54, 1.807) is 24.4 Å². The number of nitro benzene ring substituents is 1. The van der Waals surface area contributed by atoms with Crippen LogP contribution in [-0.2, 0) is 17.4 Å². The highest BCUT2D eigenvalue weighted by atomic mass is 19.4. The van der Waals surface area contributed by atoms with Crippen molar-refractivity contribution in [2.75, 3.05) is 0 Å². The number of hydrazone groups is 1. The van der Waals surface area contributed by atoms with Crippen LogP contribution in [0.25, 0.3) is 5.69 Å². The summed E-state index contributed by atoms with van der Waals surface area (Å²) >= 11 is 0. The van der Waals surface area contributed by atoms with Gasteiger partial charge in [0.15, 0.2) is 0 Å². The van der Waals surface area contributed by atoms with E-state index in [0.29, 0.717) is 5.69 Å². The third-order valence-corrected chi connectivity index (χ3v) is 4.16. The van der Waals surface area contributed by atoms with Crippen molar-refractivity contribution in [3.05, 3.63) is 93.8 Å². The van der Waals surface area contributed by atoms with E-state index in [4.69, 9.17) is 0 Å². The molecule has 0 aliphatic rings. The molecule has 1 amide bonds. The van der Waals surface area contributed by atoms with Gasteiger partial charge in [0.1, 0.15) is 0 Å². The molecule has 0 saturated heterocycles. The Morgan fingerprint density at radius 2 is 1.90 bits per heavy atom. The number of para-hydroxylation sites is 1. The summed E-state index contributed by atoms with van der Waals surface area (Å²) < 4.78 is 40.3. The summed E-state index contributed by atoms with van der Waals surface area (Å²) in [7, 11) is 0. The summed E-state index contributed by atoms with van der Waals surface area (Å²) in [5, 5.41) is 14.8. The topological polar surface area (TPSA) is 89.5 Å². The normalized spacial score (nSPS) is 11.6. The Balaban J connectivity index is 1.71. The Bertz CT molecular complexity index is 1110. The van der Waals surface area contributed by atoms with Gasteiger partial charge in [-0.25, -0.2) is 5.43 Å². The van der Waals surface area contributed by atoms with Gasteiger partial charge in [0.05, 0.1) is 28.8 Å². The van der Waals surface area contributed by atoms with E-state index in [1.165, 1.54) is 41.1 Å². The van der Waals surface area contributed by atoms with Gasteiger partial charge in [0.25, 0.3) is 5.69 Å². The smallest absolute Gasteiger partial charge is 0.316 e. The monoisotopic (exact) mass is 416 g/mol. The van der Waals surface area contributed by atoms with Gasteiger partial charge in [-0.15, -0.1) is 0 Å². The van der Waals surface area contributed by atoms with Crippen molar-refractivity contribution in [1.29, 1.82) is 0 Å². The van der Waals surface area contributed by atoms with Crippen LogP contribution in [0.3, 0.4) is 0 Å². The molecule has 0 radical (unpaired) electrons. The summed E-state index contributed by atoms with van der Waals surface area (Å²) in [6.07, 6.45) is -1.88. The summed E-state index contributed by atoms with van der Waals surface area (Å²) in [4.78, 5) is 22.5. The second kappa shape index (κ2) is 8.60. The van der Waals surface area contributed by atoms with Crippen molar-refractivity contribution in [2.24, 2.45) is 5.10 Å². The zero-order valence-corrected chi connectivity index (χ0v) is 15.3. The molecule has 3 aromatic rings. The maximum absolute atomic E-state index is 12.9. The van der Waals surface area contributed by atoms with E-state index in [1.807, 2.05) is 0 Å². The lowest BCUT2D eigenvalue weighted by molar-refractivity contribution is -0.385. The number of carbonyl (C=O) groups is 1. The number of nitro groups is 1. The van der Waals surface area contributed by atoms with Crippen LogP contribution in [0.5, 0.6) is 0 Å². The van der Waals surface area contributed by atoms with Gasteiger partial charge in [0.2, 0.25) is 5.91 Å². The van der Waals surface area contributed by atoms with Gasteiger partial charge in [0, 0.05) is 23.5 Å². The van der Waals surface area contributed by atoms with Gasteiger partial charge in [-0.3, -0.25) is 14.9 Å². The molecule has 3 rings (SSSR count). The number of aromatic nitrogens is 1. The van der Waals surface area contributed by atoms with Crippen LogP contribution in [-0.4, -0.2) is 21.6 Å². The number of nitrogens with zero attached hydrogens (tertiary/aromatic N) is 3. The van der Waals surface area contributed by atoms with E-state index in [0.717, 1.165) is 12.1 Å². The average molecular weight is 416 g/mol. The number of rotatable bonds is 6. The maximum Gasteiger partial charge on any atom is 0.416 e. The van der Waals surface area contributed by atoms with Gasteiger partial charge in [-0.1, -0.05) is 24.3 Å². The maximum atomic E-state index is 12.9. The van der Waals surface area contributed by atoms with Crippen molar-refractivity contribution in [3.8, 4) is 5.69 Å². The number of halogens is 3. The summed E-state index contributed by atoms with van der Waals surface area (Å²) in [5.41, 5.74) is 2.26. The third kappa shape index (κ3) is 4.90. The fraction of sp³-hybridized carbons (Fsp3) is 0.100. The summed E-state index contributed by atoms with van der Waals surface area (Å²) in [6.45, 7) is 0. The minimum absolute atomic E-state index is 0.171. The van der Waals surface area contributed by atoms with E-state index >= 15 is 0 Å². The molecule has 30 heavy (non-hydrogen) atoms. The molecule has 1 aromatic heterocycles. The molecule has 0 atom stereocenters. The summed E-state index contributed by atoms with van der Waals surface area (Å²) in [6, 6.07) is 13.9. The second-order valence-corrected chi connectivity index (χ2v) is 6.21. The molecule has 1 heterocycles. The van der Waals surface area contributed by atoms with Crippen LogP contribution in [0.2, 0.25) is 0 Å². The number of hydrogen-bond acceptors (Lipinski definition) is 4. The third-order valence-electron chi connectivity index (χ3n) is 4.16. The second-order valence-electron chi connectivity index (χ2n) is 6.21. The minimum atomic E-state index is -4.47. The van der Waals surface area contributed by atoms with E-state index < -0.39 is 22.6 Å². The van der Waals surface area contributed by atoms with Crippen molar-refractivity contribution in [2.45, 2.75) is 12.6 Å². The highest BCUT2D eigenvalue weighted by Crippen LogP contribution is 2.30. The number of carbonyl (C=O) groups excluding carboxylic acids is 1. The van der Waals surface area contributed by atoms with Crippen LogP contribution in [0.15, 0.2) is 72.0 Å². The quantitative estimate of drug-likeness (QED) is 0.373. The molecule has 1 N–H and O–H groups in total. The first-order chi connectivity index (χ1) is 14.3. The van der Waals surface area contributed by atoms with Gasteiger partial charge in [-0.05, 0) is 30.3 Å². The molecule has 0 unspecified atom stereocenters. The van der Waals surface area contributed by atoms with E-state index in [2.05, 4.69) is 10.5 Å². The number of alkyl halides is 3. The van der Waals surface area contributed by atoms with Crippen LogP contribution in [0.1, 0.15) is 16.8 Å². The molecular weight excluding hydrogens is 401 g/mol. The van der Waals surface area contributed by atoms with Crippen LogP contribution >= 0.6 is 0 Å². The number of nitrogens with one attached hydrogen (secondary N) is 1. The number of hydrogen-bond donors (Lipinski definition) is 1. The van der Waals surface area contributed by atoms with Crippen LogP contribution in [0.4, 0.5) is 18.9 Å². The predicted octanol–water partition coefficient (Wildman–Crippen LogP) is 4.10. The zero-order valence-electron chi connectivity index (χ0n) is 15.3. The molecular formula is C20H15F3N4O3. The highest BCUT2D eigenvalue weighted by Gasteiger charge is 2.30. The minimum Gasteiger partial charge on any atom is -0.316 e. The molecule has 154 valence electrons. The first-order valence-electron chi connectivity index (χ1n) is 8.65. The van der Waals surface area contributed by atoms with Crippen molar-refractivity contribution in [1.82, 2.24) is 9.99 Å². The zero-order chi connectivity index (χ0) is 21.7. The largest absolute Gasteiger partial charge is 0.416 e. The molecule has 0 saturated carbocycles. The molecule has 0 fully saturated rings. The molecule has 7 nitrogen and oxygen atoms in total. The van der Waals surface area contributed by atoms with Crippen LogP contribution in [0, 0.1) is 10.1 Å². The predicted molar refractivity (Wildman–Crippen MR) is 103 cm³/mol. The molecule has 10 heteroatoms. The lowest BCUT2D eigenvalue weighted by Crippen LogP contribution is -2.20. The fourth-order valence-corrected chi connectivity index (χ4v) is 2.79. The number of amides is 1. The standard InChI is InChI=1S/C20H15F3N4O3/c21-20(22,23)15-6-3-7-16(12-15)26-10-4-8-17(26)13-24-25-19(28)11-14-5-1-2-9-18(14)27(29)30/h1-10,12-13H,11H2,(H,25,28)/b24-13+. The van der Waals surface area contributed by atoms with Crippen molar-refractivity contribution >= 4 is 17.8 Å². The molecule has 2 aromatic carbocycles. The van der Waals surface area contributed by atoms with Gasteiger partial charge >= 0.3 is 6.18 Å². The Labute approximate surface area is 168 Å². The highest BCUT2D eigenvalue weighted by molar-refractivity contribution is 5.83. The fourth-order valence-electron chi connectivity index (χ4n) is 2.79. The molecule has 0 spiro atoms. The van der Waals surface area contributed by atoms with Crippen molar-refractivity contribution < 1.29 is 22.9 Å². The molecule has 0 aliphatic carbocycles. The first kappa shape index (κ1) is 20.8. The lowest BCUT2D eigenvalue weighted by atomic mass is 10.1. The average Bonchev–Trinajstić information content (AvgIpc) is 3.16. The van der Waals surface area contributed by atoms with E-state index in [9.17, 15) is 28.1 Å². The lowest BCUT2D eigenvalue weighted by Gasteiger charge is -2.11. The number of benzene rings is 2. The molecule has 0 aliphatic heterocycles. The van der Waals surface area contributed by atoms with Crippen LogP contribution < -0.4 is 5.43 Å². The van der Waals surface area contributed by atoms with E-state index in [-0.39, 0.29) is 23.4 Å². The van der Waals surface area contributed by atoms with Gasteiger partial charge in [-0.2, -0.15) is 18.3 Å². The Hall–Kier alpha value is -3.95. The van der Waals surface area contributed by atoms with Crippen molar-refractivity contribution in [3.63, 3.8) is 0 Å². The molecule has 0 bridgehead atoms. The Kier molecular flexibility index (Phi) is 5.95.